The van der Waals surface area contributed by atoms with Crippen LogP contribution in [0.5, 0.6) is 5.75 Å². The molecule has 1 saturated heterocycles. The van der Waals surface area contributed by atoms with Crippen LogP contribution in [0.4, 0.5) is 0 Å². The summed E-state index contributed by atoms with van der Waals surface area (Å²) in [7, 11) is 0. The summed E-state index contributed by atoms with van der Waals surface area (Å²) in [5, 5.41) is 10.4. The van der Waals surface area contributed by atoms with Crippen molar-refractivity contribution >= 4 is 11.8 Å². The molecule has 2 atom stereocenters. The van der Waals surface area contributed by atoms with E-state index >= 15 is 0 Å². The van der Waals surface area contributed by atoms with E-state index in [-0.39, 0.29) is 24.8 Å². The summed E-state index contributed by atoms with van der Waals surface area (Å²) in [6, 6.07) is 12.7. The van der Waals surface area contributed by atoms with Gasteiger partial charge in [0.1, 0.15) is 24.5 Å². The summed E-state index contributed by atoms with van der Waals surface area (Å²) in [4.78, 5) is 27.6. The van der Waals surface area contributed by atoms with Gasteiger partial charge in [0.25, 0.3) is 0 Å². The lowest BCUT2D eigenvalue weighted by molar-refractivity contribution is -0.124. The summed E-state index contributed by atoms with van der Waals surface area (Å²) in [5.74, 6) is -0.0866. The van der Waals surface area contributed by atoms with Crippen LogP contribution >= 0.6 is 0 Å². The molecule has 1 aliphatic rings. The van der Waals surface area contributed by atoms with E-state index in [9.17, 15) is 14.7 Å². The molecule has 2 unspecified atom stereocenters. The molecule has 3 rings (SSSR count). The average molecular weight is 455 g/mol. The molecule has 0 aromatic heterocycles. The van der Waals surface area contributed by atoms with Crippen LogP contribution in [0.25, 0.3) is 0 Å². The molecule has 1 fully saturated rings. The molecule has 1 aliphatic heterocycles. The van der Waals surface area contributed by atoms with Crippen LogP contribution in [0.1, 0.15) is 28.3 Å². The number of nitrogens with zero attached hydrogens (tertiary/aromatic N) is 2. The molecule has 1 heterocycles. The number of piperazine rings is 1. The molecule has 0 aliphatic carbocycles. The number of amides is 2. The molecule has 5 N–H and O–H groups in total. The fraction of sp³-hybridized carbons (Fsp3) is 0.440. The van der Waals surface area contributed by atoms with Crippen molar-refractivity contribution in [3.63, 3.8) is 0 Å². The Balaban J connectivity index is 1.49. The van der Waals surface area contributed by atoms with Crippen molar-refractivity contribution in [3.8, 4) is 5.75 Å². The third kappa shape index (κ3) is 6.77. The van der Waals surface area contributed by atoms with E-state index in [0.29, 0.717) is 25.4 Å². The minimum Gasteiger partial charge on any atom is -0.491 e. The van der Waals surface area contributed by atoms with Gasteiger partial charge in [0, 0.05) is 32.7 Å². The molecule has 0 radical (unpaired) electrons. The van der Waals surface area contributed by atoms with Gasteiger partial charge in [-0.25, -0.2) is 0 Å². The molecular formula is C25H34N4O4. The van der Waals surface area contributed by atoms with E-state index < -0.39 is 12.1 Å². The molecular weight excluding hydrogens is 420 g/mol. The van der Waals surface area contributed by atoms with Gasteiger partial charge in [0.15, 0.2) is 0 Å². The van der Waals surface area contributed by atoms with Gasteiger partial charge in [-0.1, -0.05) is 30.3 Å². The Labute approximate surface area is 195 Å². The van der Waals surface area contributed by atoms with Gasteiger partial charge in [0.05, 0.1) is 6.42 Å². The van der Waals surface area contributed by atoms with Gasteiger partial charge in [0.2, 0.25) is 11.8 Å². The highest BCUT2D eigenvalue weighted by Crippen LogP contribution is 2.28. The Morgan fingerprint density at radius 1 is 1.00 bits per heavy atom. The Hall–Kier alpha value is -2.94. The summed E-state index contributed by atoms with van der Waals surface area (Å²) in [6.45, 7) is 7.51. The summed E-state index contributed by atoms with van der Waals surface area (Å²) in [6.07, 6.45) is -0.457. The first-order valence-corrected chi connectivity index (χ1v) is 11.2. The largest absolute Gasteiger partial charge is 0.491 e. The zero-order valence-electron chi connectivity index (χ0n) is 19.4. The van der Waals surface area contributed by atoms with Crippen LogP contribution in [0.3, 0.4) is 0 Å². The fourth-order valence-electron chi connectivity index (χ4n) is 4.42. The first-order chi connectivity index (χ1) is 15.7. The van der Waals surface area contributed by atoms with Crippen molar-refractivity contribution in [1.29, 1.82) is 0 Å². The number of benzene rings is 2. The third-order valence-electron chi connectivity index (χ3n) is 6.07. The Morgan fingerprint density at radius 3 is 2.15 bits per heavy atom. The van der Waals surface area contributed by atoms with Crippen LogP contribution in [-0.4, -0.2) is 72.2 Å². The maximum Gasteiger partial charge on any atom is 0.239 e. The lowest BCUT2D eigenvalue weighted by Gasteiger charge is -2.39. The highest BCUT2D eigenvalue weighted by Gasteiger charge is 2.31. The minimum absolute atomic E-state index is 0.168. The van der Waals surface area contributed by atoms with E-state index in [1.165, 1.54) is 0 Å². The zero-order valence-corrected chi connectivity index (χ0v) is 19.4. The Morgan fingerprint density at radius 2 is 1.61 bits per heavy atom. The van der Waals surface area contributed by atoms with Gasteiger partial charge in [-0.2, -0.15) is 0 Å². The molecule has 0 spiro atoms. The van der Waals surface area contributed by atoms with Crippen LogP contribution in [0.2, 0.25) is 0 Å². The number of hydrogen-bond donors (Lipinski definition) is 3. The number of carbonyl (C=O) groups excluding carboxylic acids is 2. The van der Waals surface area contributed by atoms with E-state index in [4.69, 9.17) is 16.2 Å². The number of ether oxygens (including phenoxy) is 1. The quantitative estimate of drug-likeness (QED) is 0.491. The third-order valence-corrected chi connectivity index (χ3v) is 6.07. The second kappa shape index (κ2) is 11.3. The van der Waals surface area contributed by atoms with Crippen LogP contribution in [0, 0.1) is 13.8 Å². The van der Waals surface area contributed by atoms with E-state index in [2.05, 4.69) is 9.80 Å². The Kier molecular flexibility index (Phi) is 8.43. The summed E-state index contributed by atoms with van der Waals surface area (Å²) in [5.41, 5.74) is 15.0. The van der Waals surface area contributed by atoms with Crippen molar-refractivity contribution in [2.45, 2.75) is 32.4 Å². The lowest BCUT2D eigenvalue weighted by atomic mass is 9.94. The SMILES string of the molecule is Cc1cccc(C)c1C(C(N)=O)N1CCN(CC(O)COc2ccc(CC(N)=O)cc2)CC1. The molecule has 2 amide bonds. The number of aryl methyl sites for hydroxylation is 2. The van der Waals surface area contributed by atoms with Gasteiger partial charge < -0.3 is 21.3 Å². The van der Waals surface area contributed by atoms with E-state index in [1.807, 2.05) is 32.0 Å². The number of hydrogen-bond acceptors (Lipinski definition) is 6. The monoisotopic (exact) mass is 454 g/mol. The second-order valence-electron chi connectivity index (χ2n) is 8.70. The van der Waals surface area contributed by atoms with Crippen molar-refractivity contribution < 1.29 is 19.4 Å². The average Bonchev–Trinajstić information content (AvgIpc) is 2.76. The predicted molar refractivity (Wildman–Crippen MR) is 127 cm³/mol. The first-order valence-electron chi connectivity index (χ1n) is 11.2. The zero-order chi connectivity index (χ0) is 24.0. The molecule has 2 aromatic carbocycles. The van der Waals surface area contributed by atoms with Gasteiger partial charge >= 0.3 is 0 Å². The molecule has 0 bridgehead atoms. The van der Waals surface area contributed by atoms with E-state index in [0.717, 1.165) is 35.3 Å². The van der Waals surface area contributed by atoms with Crippen LogP contribution in [-0.2, 0) is 16.0 Å². The van der Waals surface area contributed by atoms with Gasteiger partial charge in [-0.05, 0) is 48.2 Å². The van der Waals surface area contributed by atoms with Crippen molar-refractivity contribution in [2.24, 2.45) is 11.5 Å². The molecule has 8 heteroatoms. The maximum atomic E-state index is 12.3. The lowest BCUT2D eigenvalue weighted by Crippen LogP contribution is -2.52. The predicted octanol–water partition coefficient (Wildman–Crippen LogP) is 0.915. The fourth-order valence-corrected chi connectivity index (χ4v) is 4.42. The number of rotatable bonds is 10. The highest BCUT2D eigenvalue weighted by molar-refractivity contribution is 5.82. The molecule has 0 saturated carbocycles. The standard InChI is InChI=1S/C25H34N4O4/c1-17-4-3-5-18(2)23(17)24(25(27)32)29-12-10-28(11-13-29)15-20(30)16-33-21-8-6-19(7-9-21)14-22(26)31/h3-9,20,24,30H,10-16H2,1-2H3,(H2,26,31)(H2,27,32). The highest BCUT2D eigenvalue weighted by atomic mass is 16.5. The van der Waals surface area contributed by atoms with Gasteiger partial charge in [-0.3, -0.25) is 19.4 Å². The maximum absolute atomic E-state index is 12.3. The number of aliphatic hydroxyl groups is 1. The minimum atomic E-state index is -0.646. The number of carbonyl (C=O) groups is 2. The number of nitrogens with two attached hydrogens (primary N) is 2. The van der Waals surface area contributed by atoms with Crippen molar-refractivity contribution in [3.05, 3.63) is 64.7 Å². The van der Waals surface area contributed by atoms with Crippen molar-refractivity contribution in [2.75, 3.05) is 39.3 Å². The summed E-state index contributed by atoms with van der Waals surface area (Å²) >= 11 is 0. The molecule has 33 heavy (non-hydrogen) atoms. The Bertz CT molecular complexity index is 935. The molecule has 178 valence electrons. The number of β-amino-alcohol motifs (C(OH)–C–C–N with tert-alkyl or cyclic N) is 1. The van der Waals surface area contributed by atoms with E-state index in [1.54, 1.807) is 24.3 Å². The van der Waals surface area contributed by atoms with Gasteiger partial charge in [-0.15, -0.1) is 0 Å². The second-order valence-corrected chi connectivity index (χ2v) is 8.70. The van der Waals surface area contributed by atoms with Crippen molar-refractivity contribution in [1.82, 2.24) is 9.80 Å². The van der Waals surface area contributed by atoms with Crippen LogP contribution < -0.4 is 16.2 Å². The molecule has 2 aromatic rings. The summed E-state index contributed by atoms with van der Waals surface area (Å²) < 4.78 is 5.68. The molecule has 8 nitrogen and oxygen atoms in total. The topological polar surface area (TPSA) is 122 Å². The normalized spacial score (nSPS) is 16.8. The smallest absolute Gasteiger partial charge is 0.239 e. The van der Waals surface area contributed by atoms with Crippen LogP contribution in [0.15, 0.2) is 42.5 Å². The number of primary amides is 2. The number of aliphatic hydroxyl groups excluding tert-OH is 1. The first kappa shape index (κ1) is 24.7.